The van der Waals surface area contributed by atoms with Crippen molar-refractivity contribution in [2.75, 3.05) is 41.8 Å². The van der Waals surface area contributed by atoms with Gasteiger partial charge in [0.1, 0.15) is 5.60 Å². The number of morpholine rings is 1. The monoisotopic (exact) mass is 459 g/mol. The minimum atomic E-state index is -0.496. The Morgan fingerprint density at radius 1 is 1.12 bits per heavy atom. The van der Waals surface area contributed by atoms with Crippen molar-refractivity contribution >= 4 is 34.4 Å². The third kappa shape index (κ3) is 7.33. The molecule has 0 aliphatic carbocycles. The number of benzene rings is 1. The van der Waals surface area contributed by atoms with E-state index in [-0.39, 0.29) is 12.2 Å². The minimum absolute atomic E-state index is 0.182. The number of unbranched alkanes of at least 4 members (excludes halogenated alkanes) is 1. The number of hydrazine groups is 1. The third-order valence-corrected chi connectivity index (χ3v) is 5.13. The Morgan fingerprint density at radius 3 is 2.45 bits per heavy atom. The third-order valence-electron chi connectivity index (χ3n) is 5.13. The molecule has 1 saturated heterocycles. The van der Waals surface area contributed by atoms with E-state index in [1.165, 1.54) is 0 Å². The number of hydrogen-bond donors (Lipinski definition) is 4. The van der Waals surface area contributed by atoms with Gasteiger partial charge in [-0.1, -0.05) is 0 Å². The zero-order valence-corrected chi connectivity index (χ0v) is 20.3. The Bertz CT molecular complexity index is 938. The zero-order chi connectivity index (χ0) is 24.0. The van der Waals surface area contributed by atoms with Gasteiger partial charge >= 0.3 is 6.09 Å². The first-order chi connectivity index (χ1) is 15.6. The van der Waals surface area contributed by atoms with Crippen LogP contribution >= 0.6 is 0 Å². The Balaban J connectivity index is 1.58. The molecule has 2 aromatic rings. The van der Waals surface area contributed by atoms with Crippen molar-refractivity contribution in [1.29, 1.82) is 0 Å². The first-order valence-corrected chi connectivity index (χ1v) is 11.5. The lowest BCUT2D eigenvalue weighted by Gasteiger charge is -2.36. The summed E-state index contributed by atoms with van der Waals surface area (Å²) in [6.45, 7) is 12.6. The standard InChI is InChI=1S/C23H37N7O3/c1-15-13-30(14-16(2)32-15)17-8-9-18-19(12-17)28-20(21(27-18)29-24)25-10-6-7-11-26-22(31)33-23(3,4)5/h8-9,12,15-16H,6-7,10-11,13-14,24H2,1-5H3,(H,25,28)(H,26,31)(H,27,29)/t15-,16+. The SMILES string of the molecule is C[C@@H]1CN(c2ccc3nc(NN)c(NCCCCNC(=O)OC(C)(C)C)nc3c2)C[C@H](C)O1. The van der Waals surface area contributed by atoms with Gasteiger partial charge in [0.25, 0.3) is 0 Å². The maximum atomic E-state index is 11.7. The van der Waals surface area contributed by atoms with E-state index in [1.807, 2.05) is 26.8 Å². The summed E-state index contributed by atoms with van der Waals surface area (Å²) in [7, 11) is 0. The van der Waals surface area contributed by atoms with Crippen LogP contribution in [-0.4, -0.2) is 60.0 Å². The van der Waals surface area contributed by atoms with Gasteiger partial charge in [-0.15, -0.1) is 0 Å². The number of hydrogen-bond acceptors (Lipinski definition) is 9. The number of nitrogens with two attached hydrogens (primary N) is 1. The molecule has 0 saturated carbocycles. The number of carbonyl (C=O) groups is 1. The molecule has 5 N–H and O–H groups in total. The number of alkyl carbamates (subject to hydrolysis) is 1. The van der Waals surface area contributed by atoms with Crippen LogP contribution in [0, 0.1) is 0 Å². The van der Waals surface area contributed by atoms with Crippen molar-refractivity contribution in [3.05, 3.63) is 18.2 Å². The molecule has 1 fully saturated rings. The highest BCUT2D eigenvalue weighted by atomic mass is 16.6. The second-order valence-electron chi connectivity index (χ2n) is 9.46. The number of nitrogen functional groups attached to an aromatic ring is 1. The molecule has 1 aliphatic heterocycles. The fourth-order valence-electron chi connectivity index (χ4n) is 3.81. The highest BCUT2D eigenvalue weighted by Gasteiger charge is 2.23. The Kier molecular flexibility index (Phi) is 8.15. The van der Waals surface area contributed by atoms with Crippen molar-refractivity contribution in [3.63, 3.8) is 0 Å². The summed E-state index contributed by atoms with van der Waals surface area (Å²) < 4.78 is 11.1. The number of carbonyl (C=O) groups excluding carboxylic acids is 1. The smallest absolute Gasteiger partial charge is 0.407 e. The molecule has 2 atom stereocenters. The van der Waals surface area contributed by atoms with Crippen LogP contribution in [0.1, 0.15) is 47.5 Å². The molecule has 182 valence electrons. The molecule has 1 amide bonds. The van der Waals surface area contributed by atoms with Gasteiger partial charge in [0.15, 0.2) is 11.6 Å². The van der Waals surface area contributed by atoms with Crippen LogP contribution in [0.4, 0.5) is 22.1 Å². The van der Waals surface area contributed by atoms with E-state index in [0.717, 1.165) is 42.7 Å². The van der Waals surface area contributed by atoms with E-state index >= 15 is 0 Å². The average molecular weight is 460 g/mol. The van der Waals surface area contributed by atoms with Crippen molar-refractivity contribution in [2.45, 2.75) is 65.3 Å². The molecular formula is C23H37N7O3. The molecule has 33 heavy (non-hydrogen) atoms. The van der Waals surface area contributed by atoms with Gasteiger partial charge in [0, 0.05) is 31.9 Å². The fourth-order valence-corrected chi connectivity index (χ4v) is 3.81. The lowest BCUT2D eigenvalue weighted by molar-refractivity contribution is -0.00521. The number of nitrogens with one attached hydrogen (secondary N) is 3. The van der Waals surface area contributed by atoms with Crippen LogP contribution in [0.3, 0.4) is 0 Å². The summed E-state index contributed by atoms with van der Waals surface area (Å²) in [6.07, 6.45) is 1.60. The predicted molar refractivity (Wildman–Crippen MR) is 132 cm³/mol. The number of fused-ring (bicyclic) bond motifs is 1. The van der Waals surface area contributed by atoms with Crippen molar-refractivity contribution in [2.24, 2.45) is 5.84 Å². The summed E-state index contributed by atoms with van der Waals surface area (Å²) in [6, 6.07) is 6.09. The molecule has 3 rings (SSSR count). The van der Waals surface area contributed by atoms with E-state index in [1.54, 1.807) is 0 Å². The largest absolute Gasteiger partial charge is 0.444 e. The van der Waals surface area contributed by atoms with E-state index in [0.29, 0.717) is 24.7 Å². The van der Waals surface area contributed by atoms with Crippen LogP contribution in [0.5, 0.6) is 0 Å². The van der Waals surface area contributed by atoms with Crippen molar-refractivity contribution < 1.29 is 14.3 Å². The Morgan fingerprint density at radius 2 is 1.79 bits per heavy atom. The van der Waals surface area contributed by atoms with Gasteiger partial charge < -0.3 is 30.4 Å². The molecule has 1 aromatic heterocycles. The highest BCUT2D eigenvalue weighted by molar-refractivity contribution is 5.83. The summed E-state index contributed by atoms with van der Waals surface area (Å²) in [5, 5.41) is 6.07. The highest BCUT2D eigenvalue weighted by Crippen LogP contribution is 2.26. The second-order valence-corrected chi connectivity index (χ2v) is 9.46. The Labute approximate surface area is 195 Å². The van der Waals surface area contributed by atoms with Crippen LogP contribution < -0.4 is 26.8 Å². The first-order valence-electron chi connectivity index (χ1n) is 11.5. The van der Waals surface area contributed by atoms with Gasteiger partial charge in [-0.2, -0.15) is 0 Å². The van der Waals surface area contributed by atoms with Crippen LogP contribution in [-0.2, 0) is 9.47 Å². The van der Waals surface area contributed by atoms with Crippen LogP contribution in [0.2, 0.25) is 0 Å². The lowest BCUT2D eigenvalue weighted by Crippen LogP contribution is -2.45. The molecule has 0 unspecified atom stereocenters. The van der Waals surface area contributed by atoms with Gasteiger partial charge in [-0.05, 0) is 65.7 Å². The number of nitrogens with zero attached hydrogens (tertiary/aromatic N) is 3. The first kappa shape index (κ1) is 24.8. The van der Waals surface area contributed by atoms with E-state index < -0.39 is 11.7 Å². The van der Waals surface area contributed by atoms with Gasteiger partial charge in [-0.25, -0.2) is 20.6 Å². The number of anilines is 3. The van der Waals surface area contributed by atoms with E-state index in [9.17, 15) is 4.79 Å². The predicted octanol–water partition coefficient (Wildman–Crippen LogP) is 3.25. The molecule has 1 aromatic carbocycles. The maximum absolute atomic E-state index is 11.7. The second kappa shape index (κ2) is 10.8. The minimum Gasteiger partial charge on any atom is -0.444 e. The maximum Gasteiger partial charge on any atom is 0.407 e. The quantitative estimate of drug-likeness (QED) is 0.267. The summed E-state index contributed by atoms with van der Waals surface area (Å²) in [4.78, 5) is 23.4. The zero-order valence-electron chi connectivity index (χ0n) is 20.3. The van der Waals surface area contributed by atoms with Gasteiger partial charge in [0.05, 0.1) is 23.2 Å². The normalized spacial score (nSPS) is 18.8. The molecule has 0 spiro atoms. The number of amides is 1. The van der Waals surface area contributed by atoms with Crippen molar-refractivity contribution in [3.8, 4) is 0 Å². The Hall–Kier alpha value is -2.85. The summed E-state index contributed by atoms with van der Waals surface area (Å²) in [5.41, 5.74) is 4.81. The summed E-state index contributed by atoms with van der Waals surface area (Å²) in [5.74, 6) is 6.78. The van der Waals surface area contributed by atoms with Crippen molar-refractivity contribution in [1.82, 2.24) is 15.3 Å². The van der Waals surface area contributed by atoms with E-state index in [4.69, 9.17) is 20.3 Å². The fraction of sp³-hybridized carbons (Fsp3) is 0.609. The van der Waals surface area contributed by atoms with Crippen LogP contribution in [0.25, 0.3) is 11.0 Å². The molecule has 10 heteroatoms. The number of ether oxygens (including phenoxy) is 2. The average Bonchev–Trinajstić information content (AvgIpc) is 2.73. The molecule has 2 heterocycles. The molecular weight excluding hydrogens is 422 g/mol. The van der Waals surface area contributed by atoms with Gasteiger partial charge in [0.2, 0.25) is 0 Å². The lowest BCUT2D eigenvalue weighted by atomic mass is 10.2. The molecule has 0 radical (unpaired) electrons. The molecule has 10 nitrogen and oxygen atoms in total. The van der Waals surface area contributed by atoms with Gasteiger partial charge in [-0.3, -0.25) is 0 Å². The molecule has 0 bridgehead atoms. The van der Waals surface area contributed by atoms with E-state index in [2.05, 4.69) is 51.9 Å². The summed E-state index contributed by atoms with van der Waals surface area (Å²) >= 11 is 0. The van der Waals surface area contributed by atoms with Crippen LogP contribution in [0.15, 0.2) is 18.2 Å². The number of aromatic nitrogens is 2. The number of rotatable bonds is 8. The topological polar surface area (TPSA) is 127 Å². The molecule has 1 aliphatic rings.